The Morgan fingerprint density at radius 3 is 2.61 bits per heavy atom. The van der Waals surface area contributed by atoms with Crippen LogP contribution in [0.1, 0.15) is 30.9 Å². The number of aliphatic hydroxyl groups excluding tert-OH is 1. The summed E-state index contributed by atoms with van der Waals surface area (Å²) in [6.07, 6.45) is 2.27. The number of aliphatic hydroxyl groups is 1. The Hall–Kier alpha value is -1.13. The van der Waals surface area contributed by atoms with Gasteiger partial charge in [0.05, 0.1) is 6.61 Å². The van der Waals surface area contributed by atoms with Crippen molar-refractivity contribution in [2.45, 2.75) is 26.7 Å². The van der Waals surface area contributed by atoms with Crippen molar-refractivity contribution >= 4 is 22.9 Å². The Morgan fingerprint density at radius 2 is 2.11 bits per heavy atom. The third-order valence-electron chi connectivity index (χ3n) is 2.99. The number of unbranched alkanes of at least 4 members (excludes halogenated alkanes) is 1. The highest BCUT2D eigenvalue weighted by atomic mass is 32.1. The van der Waals surface area contributed by atoms with E-state index in [2.05, 4.69) is 17.9 Å². The quantitative estimate of drug-likeness (QED) is 0.743. The molecule has 0 heterocycles. The third kappa shape index (κ3) is 3.96. The molecule has 0 spiro atoms. The molecule has 0 radical (unpaired) electrons. The van der Waals surface area contributed by atoms with Gasteiger partial charge in [-0.1, -0.05) is 25.6 Å². The number of anilines is 1. The molecule has 0 saturated heterocycles. The summed E-state index contributed by atoms with van der Waals surface area (Å²) in [5, 5.41) is 9.13. The molecule has 0 aromatic heterocycles. The zero-order valence-corrected chi connectivity index (χ0v) is 12.0. The first-order valence-electron chi connectivity index (χ1n) is 6.36. The Morgan fingerprint density at radius 1 is 1.39 bits per heavy atom. The van der Waals surface area contributed by atoms with Crippen LogP contribution in [0.3, 0.4) is 0 Å². The van der Waals surface area contributed by atoms with Crippen molar-refractivity contribution in [2.24, 2.45) is 5.73 Å². The van der Waals surface area contributed by atoms with Crippen LogP contribution in [-0.4, -0.2) is 29.8 Å². The van der Waals surface area contributed by atoms with Gasteiger partial charge in [-0.25, -0.2) is 0 Å². The molecular weight excluding hydrogens is 244 g/mol. The summed E-state index contributed by atoms with van der Waals surface area (Å²) in [6.45, 7) is 5.96. The van der Waals surface area contributed by atoms with Crippen LogP contribution < -0.4 is 10.6 Å². The summed E-state index contributed by atoms with van der Waals surface area (Å²) >= 11 is 5.00. The minimum absolute atomic E-state index is 0.166. The average molecular weight is 266 g/mol. The summed E-state index contributed by atoms with van der Waals surface area (Å²) in [6, 6.07) is 6.07. The van der Waals surface area contributed by atoms with Crippen LogP contribution >= 0.6 is 12.2 Å². The molecular formula is C14H22N2OS. The number of hydrogen-bond donors (Lipinski definition) is 2. The highest BCUT2D eigenvalue weighted by molar-refractivity contribution is 7.80. The largest absolute Gasteiger partial charge is 0.395 e. The van der Waals surface area contributed by atoms with Gasteiger partial charge in [-0.3, -0.25) is 0 Å². The highest BCUT2D eigenvalue weighted by Crippen LogP contribution is 2.19. The van der Waals surface area contributed by atoms with Gasteiger partial charge in [0.1, 0.15) is 4.99 Å². The van der Waals surface area contributed by atoms with Crippen molar-refractivity contribution in [1.82, 2.24) is 0 Å². The lowest BCUT2D eigenvalue weighted by atomic mass is 10.1. The van der Waals surface area contributed by atoms with Crippen LogP contribution in [0.15, 0.2) is 18.2 Å². The molecule has 1 aromatic carbocycles. The molecule has 3 N–H and O–H groups in total. The fourth-order valence-corrected chi connectivity index (χ4v) is 2.19. The van der Waals surface area contributed by atoms with E-state index in [1.807, 2.05) is 19.1 Å². The topological polar surface area (TPSA) is 49.5 Å². The fourth-order valence-electron chi connectivity index (χ4n) is 1.96. The van der Waals surface area contributed by atoms with Gasteiger partial charge < -0.3 is 15.7 Å². The standard InChI is InChI=1S/C14H22N2OS/c1-3-4-7-16(8-9-17)12-5-6-13(14(15)18)11(2)10-12/h5-6,10,17H,3-4,7-9H2,1-2H3,(H2,15,18). The SMILES string of the molecule is CCCCN(CCO)c1ccc(C(N)=S)c(C)c1. The van der Waals surface area contributed by atoms with Gasteiger partial charge in [0, 0.05) is 24.3 Å². The number of thiocarbonyl (C=S) groups is 1. The molecule has 0 aliphatic rings. The Bertz CT molecular complexity index is 407. The van der Waals surface area contributed by atoms with E-state index in [1.54, 1.807) is 0 Å². The van der Waals surface area contributed by atoms with Gasteiger partial charge in [0.2, 0.25) is 0 Å². The molecule has 1 rings (SSSR count). The molecule has 0 fully saturated rings. The Labute approximate surface area is 115 Å². The van der Waals surface area contributed by atoms with Gasteiger partial charge in [-0.15, -0.1) is 0 Å². The first-order valence-corrected chi connectivity index (χ1v) is 6.77. The number of rotatable bonds is 7. The minimum Gasteiger partial charge on any atom is -0.395 e. The van der Waals surface area contributed by atoms with Crippen LogP contribution in [0.5, 0.6) is 0 Å². The monoisotopic (exact) mass is 266 g/mol. The minimum atomic E-state index is 0.166. The van der Waals surface area contributed by atoms with E-state index in [4.69, 9.17) is 23.1 Å². The smallest absolute Gasteiger partial charge is 0.104 e. The number of benzene rings is 1. The third-order valence-corrected chi connectivity index (χ3v) is 3.21. The average Bonchev–Trinajstić information content (AvgIpc) is 2.33. The second-order valence-corrected chi connectivity index (χ2v) is 4.87. The summed E-state index contributed by atoms with van der Waals surface area (Å²) in [7, 11) is 0. The zero-order valence-electron chi connectivity index (χ0n) is 11.1. The predicted octanol–water partition coefficient (Wildman–Crippen LogP) is 2.23. The Balaban J connectivity index is 2.91. The van der Waals surface area contributed by atoms with E-state index in [9.17, 15) is 0 Å². The maximum atomic E-state index is 9.13. The molecule has 100 valence electrons. The highest BCUT2D eigenvalue weighted by Gasteiger charge is 2.08. The van der Waals surface area contributed by atoms with Crippen molar-refractivity contribution in [1.29, 1.82) is 0 Å². The van der Waals surface area contributed by atoms with Crippen LogP contribution in [0.2, 0.25) is 0 Å². The fraction of sp³-hybridized carbons (Fsp3) is 0.500. The van der Waals surface area contributed by atoms with Crippen molar-refractivity contribution in [3.8, 4) is 0 Å². The second kappa shape index (κ2) is 7.34. The van der Waals surface area contributed by atoms with Crippen molar-refractivity contribution in [2.75, 3.05) is 24.6 Å². The molecule has 0 atom stereocenters. The molecule has 1 aromatic rings. The summed E-state index contributed by atoms with van der Waals surface area (Å²) < 4.78 is 0. The number of aryl methyl sites for hydroxylation is 1. The van der Waals surface area contributed by atoms with Crippen LogP contribution in [0.4, 0.5) is 5.69 Å². The number of nitrogens with two attached hydrogens (primary N) is 1. The summed E-state index contributed by atoms with van der Waals surface area (Å²) in [5.74, 6) is 0. The summed E-state index contributed by atoms with van der Waals surface area (Å²) in [4.78, 5) is 2.63. The van der Waals surface area contributed by atoms with E-state index in [0.29, 0.717) is 11.5 Å². The van der Waals surface area contributed by atoms with Gasteiger partial charge in [0.15, 0.2) is 0 Å². The van der Waals surface area contributed by atoms with Crippen LogP contribution in [-0.2, 0) is 0 Å². The maximum Gasteiger partial charge on any atom is 0.104 e. The second-order valence-electron chi connectivity index (χ2n) is 4.43. The van der Waals surface area contributed by atoms with Crippen LogP contribution in [0, 0.1) is 6.92 Å². The number of nitrogens with zero attached hydrogens (tertiary/aromatic N) is 1. The lowest BCUT2D eigenvalue weighted by molar-refractivity contribution is 0.301. The Kier molecular flexibility index (Phi) is 6.09. The predicted molar refractivity (Wildman–Crippen MR) is 81.3 cm³/mol. The van der Waals surface area contributed by atoms with Crippen molar-refractivity contribution < 1.29 is 5.11 Å². The lowest BCUT2D eigenvalue weighted by Crippen LogP contribution is -2.28. The van der Waals surface area contributed by atoms with Crippen molar-refractivity contribution in [3.05, 3.63) is 29.3 Å². The lowest BCUT2D eigenvalue weighted by Gasteiger charge is -2.24. The van der Waals surface area contributed by atoms with Crippen molar-refractivity contribution in [3.63, 3.8) is 0 Å². The molecule has 0 unspecified atom stereocenters. The van der Waals surface area contributed by atoms with Gasteiger partial charge in [-0.05, 0) is 37.1 Å². The van der Waals surface area contributed by atoms with Gasteiger partial charge in [0.25, 0.3) is 0 Å². The zero-order chi connectivity index (χ0) is 13.5. The molecule has 0 aliphatic carbocycles. The maximum absolute atomic E-state index is 9.13. The molecule has 0 bridgehead atoms. The van der Waals surface area contributed by atoms with Gasteiger partial charge in [-0.2, -0.15) is 0 Å². The van der Waals surface area contributed by atoms with E-state index in [-0.39, 0.29) is 6.61 Å². The first kappa shape index (κ1) is 14.9. The van der Waals surface area contributed by atoms with E-state index >= 15 is 0 Å². The first-order chi connectivity index (χ1) is 8.60. The van der Waals surface area contributed by atoms with Crippen LogP contribution in [0.25, 0.3) is 0 Å². The molecule has 18 heavy (non-hydrogen) atoms. The molecule has 4 heteroatoms. The molecule has 0 amide bonds. The van der Waals surface area contributed by atoms with E-state index in [1.165, 1.54) is 0 Å². The van der Waals surface area contributed by atoms with Gasteiger partial charge >= 0.3 is 0 Å². The summed E-state index contributed by atoms with van der Waals surface area (Å²) in [5.41, 5.74) is 8.78. The van der Waals surface area contributed by atoms with E-state index < -0.39 is 0 Å². The molecule has 0 saturated carbocycles. The molecule has 3 nitrogen and oxygen atoms in total. The number of hydrogen-bond acceptors (Lipinski definition) is 3. The van der Waals surface area contributed by atoms with E-state index in [0.717, 1.165) is 36.2 Å². The normalized spacial score (nSPS) is 10.4. The molecule has 0 aliphatic heterocycles.